The summed E-state index contributed by atoms with van der Waals surface area (Å²) in [6.45, 7) is 1.78. The Hall–Kier alpha value is -3.97. The van der Waals surface area contributed by atoms with Gasteiger partial charge < -0.3 is 14.4 Å². The van der Waals surface area contributed by atoms with E-state index in [2.05, 4.69) is 20.4 Å². The number of halogens is 1. The summed E-state index contributed by atoms with van der Waals surface area (Å²) < 4.78 is 7.16. The van der Waals surface area contributed by atoms with Crippen molar-refractivity contribution in [2.75, 3.05) is 5.32 Å². The Morgan fingerprint density at radius 2 is 1.97 bits per heavy atom. The molecular formula is C23H16ClN5O2. The van der Waals surface area contributed by atoms with Crippen molar-refractivity contribution in [3.05, 3.63) is 89.6 Å². The molecule has 5 rings (SSSR count). The van der Waals surface area contributed by atoms with Crippen LogP contribution >= 0.6 is 11.6 Å². The van der Waals surface area contributed by atoms with Crippen molar-refractivity contribution in [2.45, 2.75) is 6.92 Å². The molecular weight excluding hydrogens is 414 g/mol. The lowest BCUT2D eigenvalue weighted by molar-refractivity contribution is 0.102. The average Bonchev–Trinajstić information content (AvgIpc) is 3.44. The molecule has 0 unspecified atom stereocenters. The number of nitrogens with one attached hydrogen (secondary N) is 1. The molecule has 2 aromatic carbocycles. The summed E-state index contributed by atoms with van der Waals surface area (Å²) in [4.78, 5) is 21.8. The Kier molecular flexibility index (Phi) is 4.72. The normalized spacial score (nSPS) is 11.0. The topological polar surface area (TPSA) is 85.8 Å². The molecule has 8 heteroatoms. The van der Waals surface area contributed by atoms with Gasteiger partial charge in [0.05, 0.1) is 39.4 Å². The standard InChI is InChI=1S/C23H16ClN5O2/c1-14-21-17(12-19(27-23(21)31-28-14)15-5-3-2-4-6-15)22(30)26-16-7-8-20(18(24)11-16)29-10-9-25-13-29/h2-13H,1H3,(H,26,30). The highest BCUT2D eigenvalue weighted by atomic mass is 35.5. The molecule has 3 heterocycles. The number of pyridine rings is 1. The van der Waals surface area contributed by atoms with E-state index in [1.807, 2.05) is 36.4 Å². The SMILES string of the molecule is Cc1noc2nc(-c3ccccc3)cc(C(=O)Nc3ccc(-n4ccnc4)c(Cl)c3)c12. The maximum Gasteiger partial charge on any atom is 0.259 e. The number of aromatic nitrogens is 4. The number of nitrogens with zero attached hydrogens (tertiary/aromatic N) is 4. The zero-order chi connectivity index (χ0) is 21.4. The summed E-state index contributed by atoms with van der Waals surface area (Å²) in [5, 5.41) is 7.97. The van der Waals surface area contributed by atoms with Gasteiger partial charge in [0.15, 0.2) is 0 Å². The van der Waals surface area contributed by atoms with Crippen molar-refractivity contribution in [3.63, 3.8) is 0 Å². The highest BCUT2D eigenvalue weighted by Gasteiger charge is 2.20. The molecule has 1 N–H and O–H groups in total. The van der Waals surface area contributed by atoms with Crippen LogP contribution in [-0.4, -0.2) is 25.6 Å². The molecule has 0 fully saturated rings. The fraction of sp³-hybridized carbons (Fsp3) is 0.0435. The quantitative estimate of drug-likeness (QED) is 0.419. The highest BCUT2D eigenvalue weighted by Crippen LogP contribution is 2.29. The second-order valence-corrected chi connectivity index (χ2v) is 7.37. The molecule has 1 amide bonds. The van der Waals surface area contributed by atoms with E-state index in [0.717, 1.165) is 11.3 Å². The van der Waals surface area contributed by atoms with E-state index >= 15 is 0 Å². The number of carbonyl (C=O) groups excluding carboxylic acids is 1. The van der Waals surface area contributed by atoms with Gasteiger partial charge in [-0.25, -0.2) is 9.97 Å². The van der Waals surface area contributed by atoms with E-state index in [1.165, 1.54) is 0 Å². The lowest BCUT2D eigenvalue weighted by Gasteiger charge is -2.11. The lowest BCUT2D eigenvalue weighted by atomic mass is 10.0. The van der Waals surface area contributed by atoms with E-state index in [1.54, 1.807) is 48.4 Å². The minimum atomic E-state index is -0.303. The second kappa shape index (κ2) is 7.70. The molecule has 31 heavy (non-hydrogen) atoms. The summed E-state index contributed by atoms with van der Waals surface area (Å²) in [5.74, 6) is -0.303. The summed E-state index contributed by atoms with van der Waals surface area (Å²) in [5.41, 5.74) is 4.18. The van der Waals surface area contributed by atoms with E-state index in [9.17, 15) is 4.79 Å². The van der Waals surface area contributed by atoms with Crippen molar-refractivity contribution in [3.8, 4) is 16.9 Å². The summed E-state index contributed by atoms with van der Waals surface area (Å²) >= 11 is 6.42. The Bertz CT molecular complexity index is 1390. The van der Waals surface area contributed by atoms with E-state index in [4.69, 9.17) is 16.1 Å². The Morgan fingerprint density at radius 3 is 2.71 bits per heavy atom. The van der Waals surface area contributed by atoms with Gasteiger partial charge in [-0.3, -0.25) is 4.79 Å². The van der Waals surface area contributed by atoms with Crippen LogP contribution in [0.5, 0.6) is 0 Å². The molecule has 0 saturated carbocycles. The molecule has 5 aromatic rings. The average molecular weight is 430 g/mol. The smallest absolute Gasteiger partial charge is 0.259 e. The molecule has 0 saturated heterocycles. The predicted octanol–water partition coefficient (Wildman–Crippen LogP) is 5.29. The van der Waals surface area contributed by atoms with Crippen LogP contribution < -0.4 is 5.32 Å². The Morgan fingerprint density at radius 1 is 1.13 bits per heavy atom. The van der Waals surface area contributed by atoms with Crippen LogP contribution in [0, 0.1) is 6.92 Å². The van der Waals surface area contributed by atoms with Crippen molar-refractivity contribution < 1.29 is 9.32 Å². The molecule has 152 valence electrons. The highest BCUT2D eigenvalue weighted by molar-refractivity contribution is 6.32. The van der Waals surface area contributed by atoms with Gasteiger partial charge in [0.1, 0.15) is 0 Å². The molecule has 0 aliphatic heterocycles. The number of amides is 1. The number of hydrogen-bond donors (Lipinski definition) is 1. The van der Waals surface area contributed by atoms with E-state index < -0.39 is 0 Å². The molecule has 7 nitrogen and oxygen atoms in total. The minimum absolute atomic E-state index is 0.303. The number of carbonyl (C=O) groups is 1. The van der Waals surface area contributed by atoms with Crippen molar-refractivity contribution >= 4 is 34.3 Å². The Balaban J connectivity index is 1.52. The molecule has 0 aliphatic carbocycles. The molecule has 3 aromatic heterocycles. The molecule has 0 radical (unpaired) electrons. The van der Waals surface area contributed by atoms with Crippen molar-refractivity contribution in [2.24, 2.45) is 0 Å². The number of imidazole rings is 1. The largest absolute Gasteiger partial charge is 0.335 e. The van der Waals surface area contributed by atoms with Crippen LogP contribution in [0.15, 0.2) is 77.8 Å². The molecule has 0 bridgehead atoms. The molecule has 0 atom stereocenters. The minimum Gasteiger partial charge on any atom is -0.335 e. The third-order valence-electron chi connectivity index (χ3n) is 4.92. The maximum absolute atomic E-state index is 13.2. The van der Waals surface area contributed by atoms with Gasteiger partial charge >= 0.3 is 0 Å². The first-order chi connectivity index (χ1) is 15.1. The van der Waals surface area contributed by atoms with E-state index in [-0.39, 0.29) is 5.91 Å². The maximum atomic E-state index is 13.2. The van der Waals surface area contributed by atoms with Gasteiger partial charge in [0.25, 0.3) is 11.6 Å². The zero-order valence-electron chi connectivity index (χ0n) is 16.4. The van der Waals surface area contributed by atoms with Gasteiger partial charge in [-0.2, -0.15) is 0 Å². The van der Waals surface area contributed by atoms with Crippen molar-refractivity contribution in [1.82, 2.24) is 19.7 Å². The van der Waals surface area contributed by atoms with Gasteiger partial charge in [0.2, 0.25) is 0 Å². The number of anilines is 1. The summed E-state index contributed by atoms with van der Waals surface area (Å²) in [6, 6.07) is 16.7. The third kappa shape index (κ3) is 3.55. The van der Waals surface area contributed by atoms with Crippen LogP contribution in [0.25, 0.3) is 28.0 Å². The third-order valence-corrected chi connectivity index (χ3v) is 5.22. The number of aryl methyl sites for hydroxylation is 1. The van der Waals surface area contributed by atoms with Crippen LogP contribution in [0.1, 0.15) is 16.1 Å². The monoisotopic (exact) mass is 429 g/mol. The fourth-order valence-corrected chi connectivity index (χ4v) is 3.70. The number of fused-ring (bicyclic) bond motifs is 1. The van der Waals surface area contributed by atoms with Crippen molar-refractivity contribution in [1.29, 1.82) is 0 Å². The Labute approximate surface area is 182 Å². The van der Waals surface area contributed by atoms with Crippen LogP contribution in [0.2, 0.25) is 5.02 Å². The van der Waals surface area contributed by atoms with E-state index in [0.29, 0.717) is 38.8 Å². The summed E-state index contributed by atoms with van der Waals surface area (Å²) in [7, 11) is 0. The number of rotatable bonds is 4. The van der Waals surface area contributed by atoms with Gasteiger partial charge in [-0.1, -0.05) is 47.1 Å². The first-order valence-electron chi connectivity index (χ1n) is 9.52. The molecule has 0 aliphatic rings. The van der Waals surface area contributed by atoms with Gasteiger partial charge in [-0.15, -0.1) is 0 Å². The fourth-order valence-electron chi connectivity index (χ4n) is 3.42. The van der Waals surface area contributed by atoms with Gasteiger partial charge in [0, 0.05) is 23.6 Å². The zero-order valence-corrected chi connectivity index (χ0v) is 17.2. The van der Waals surface area contributed by atoms with Gasteiger partial charge in [-0.05, 0) is 31.2 Å². The number of hydrogen-bond acceptors (Lipinski definition) is 5. The number of benzene rings is 2. The summed E-state index contributed by atoms with van der Waals surface area (Å²) in [6.07, 6.45) is 5.13. The first kappa shape index (κ1) is 19.0. The van der Waals surface area contributed by atoms with Crippen LogP contribution in [0.4, 0.5) is 5.69 Å². The van der Waals surface area contributed by atoms with Crippen LogP contribution in [-0.2, 0) is 0 Å². The lowest BCUT2D eigenvalue weighted by Crippen LogP contribution is -2.13. The molecule has 0 spiro atoms. The second-order valence-electron chi connectivity index (χ2n) is 6.96. The first-order valence-corrected chi connectivity index (χ1v) is 9.89. The predicted molar refractivity (Wildman–Crippen MR) is 119 cm³/mol. The van der Waals surface area contributed by atoms with Crippen LogP contribution in [0.3, 0.4) is 0 Å².